The summed E-state index contributed by atoms with van der Waals surface area (Å²) in [5.74, 6) is -0.249. The summed E-state index contributed by atoms with van der Waals surface area (Å²) in [6.07, 6.45) is 2.77. The summed E-state index contributed by atoms with van der Waals surface area (Å²) in [7, 11) is 1.99. The number of carbonyl (C=O) groups is 2. The SMILES string of the molecule is CCOC(=O)C(CCSC)(CCN(C)Cc1ccccc1)C(=O)OCC.Cl. The van der Waals surface area contributed by atoms with E-state index in [0.29, 0.717) is 25.1 Å². The lowest BCUT2D eigenvalue weighted by atomic mass is 9.81. The van der Waals surface area contributed by atoms with Gasteiger partial charge in [0, 0.05) is 6.54 Å². The fourth-order valence-electron chi connectivity index (χ4n) is 2.79. The van der Waals surface area contributed by atoms with Crippen LogP contribution in [0.15, 0.2) is 30.3 Å². The molecule has 0 saturated carbocycles. The van der Waals surface area contributed by atoms with Gasteiger partial charge in [-0.15, -0.1) is 12.4 Å². The Hall–Kier alpha value is -1.24. The van der Waals surface area contributed by atoms with Gasteiger partial charge in [-0.1, -0.05) is 30.3 Å². The van der Waals surface area contributed by atoms with Crippen LogP contribution in [-0.2, 0) is 25.6 Å². The summed E-state index contributed by atoms with van der Waals surface area (Å²) in [6, 6.07) is 10.1. The van der Waals surface area contributed by atoms with Crippen LogP contribution < -0.4 is 0 Å². The van der Waals surface area contributed by atoms with Crippen LogP contribution in [0.1, 0.15) is 32.3 Å². The molecule has 0 atom stereocenters. The molecule has 0 aliphatic heterocycles. The topological polar surface area (TPSA) is 55.8 Å². The highest BCUT2D eigenvalue weighted by atomic mass is 35.5. The normalized spacial score (nSPS) is 11.0. The van der Waals surface area contributed by atoms with Gasteiger partial charge in [0.2, 0.25) is 0 Å². The Kier molecular flexibility index (Phi) is 13.2. The summed E-state index contributed by atoms with van der Waals surface area (Å²) in [4.78, 5) is 27.5. The maximum atomic E-state index is 12.7. The molecule has 0 aliphatic rings. The molecule has 1 rings (SSSR count). The smallest absolute Gasteiger partial charge is 0.323 e. The highest BCUT2D eigenvalue weighted by Gasteiger charge is 2.48. The average Bonchev–Trinajstić information content (AvgIpc) is 2.63. The van der Waals surface area contributed by atoms with Gasteiger partial charge in [-0.3, -0.25) is 9.59 Å². The monoisotopic (exact) mass is 417 g/mol. The fourth-order valence-corrected chi connectivity index (χ4v) is 3.34. The van der Waals surface area contributed by atoms with Crippen LogP contribution in [0.25, 0.3) is 0 Å². The molecule has 27 heavy (non-hydrogen) atoms. The van der Waals surface area contributed by atoms with E-state index in [1.54, 1.807) is 25.6 Å². The second-order valence-electron chi connectivity index (χ2n) is 6.24. The molecule has 0 radical (unpaired) electrons. The Balaban J connectivity index is 0.00000676. The summed E-state index contributed by atoms with van der Waals surface area (Å²) < 4.78 is 10.5. The highest BCUT2D eigenvalue weighted by molar-refractivity contribution is 7.98. The van der Waals surface area contributed by atoms with Gasteiger partial charge in [-0.25, -0.2) is 0 Å². The number of carbonyl (C=O) groups excluding carboxylic acids is 2. The molecule has 7 heteroatoms. The van der Waals surface area contributed by atoms with Crippen molar-refractivity contribution < 1.29 is 19.1 Å². The molecule has 0 fully saturated rings. The fraction of sp³-hybridized carbons (Fsp3) is 0.600. The van der Waals surface area contributed by atoms with Gasteiger partial charge in [0.25, 0.3) is 0 Å². The molecule has 0 spiro atoms. The van der Waals surface area contributed by atoms with Crippen molar-refractivity contribution >= 4 is 36.1 Å². The minimum Gasteiger partial charge on any atom is -0.465 e. The van der Waals surface area contributed by atoms with Gasteiger partial charge >= 0.3 is 11.9 Å². The third-order valence-electron chi connectivity index (χ3n) is 4.28. The molecule has 0 N–H and O–H groups in total. The van der Waals surface area contributed by atoms with E-state index in [2.05, 4.69) is 17.0 Å². The van der Waals surface area contributed by atoms with Crippen molar-refractivity contribution in [3.05, 3.63) is 35.9 Å². The third-order valence-corrected chi connectivity index (χ3v) is 4.89. The molecule has 0 aromatic heterocycles. The number of thioether (sulfide) groups is 1. The van der Waals surface area contributed by atoms with Gasteiger partial charge in [0.15, 0.2) is 5.41 Å². The Morgan fingerprint density at radius 3 is 2.07 bits per heavy atom. The minimum atomic E-state index is -1.24. The molecule has 5 nitrogen and oxygen atoms in total. The Morgan fingerprint density at radius 1 is 1.04 bits per heavy atom. The molecule has 0 amide bonds. The zero-order valence-electron chi connectivity index (χ0n) is 16.7. The van der Waals surface area contributed by atoms with Crippen LogP contribution >= 0.6 is 24.2 Å². The number of esters is 2. The van der Waals surface area contributed by atoms with E-state index in [4.69, 9.17) is 9.47 Å². The van der Waals surface area contributed by atoms with Crippen molar-refractivity contribution in [2.75, 3.05) is 38.8 Å². The first kappa shape index (κ1) is 25.8. The first-order valence-corrected chi connectivity index (χ1v) is 10.4. The number of benzene rings is 1. The van der Waals surface area contributed by atoms with Gasteiger partial charge in [-0.05, 0) is 57.9 Å². The van der Waals surface area contributed by atoms with E-state index < -0.39 is 17.4 Å². The maximum absolute atomic E-state index is 12.7. The quantitative estimate of drug-likeness (QED) is 0.381. The lowest BCUT2D eigenvalue weighted by Gasteiger charge is -2.30. The second kappa shape index (κ2) is 13.9. The van der Waals surface area contributed by atoms with Crippen molar-refractivity contribution in [3.8, 4) is 0 Å². The maximum Gasteiger partial charge on any atom is 0.323 e. The van der Waals surface area contributed by atoms with Crippen LogP contribution in [0.4, 0.5) is 0 Å². The summed E-state index contributed by atoms with van der Waals surface area (Å²) in [6.45, 7) is 5.36. The summed E-state index contributed by atoms with van der Waals surface area (Å²) >= 11 is 1.61. The molecule has 0 heterocycles. The van der Waals surface area contributed by atoms with Crippen molar-refractivity contribution in [2.45, 2.75) is 33.2 Å². The van der Waals surface area contributed by atoms with Gasteiger partial charge in [0.1, 0.15) is 0 Å². The van der Waals surface area contributed by atoms with Crippen molar-refractivity contribution in [1.82, 2.24) is 4.90 Å². The van der Waals surface area contributed by atoms with Crippen LogP contribution in [0.5, 0.6) is 0 Å². The standard InChI is InChI=1S/C20H31NO4S.ClH/c1-5-24-18(22)20(13-15-26-4,19(23)25-6-2)12-14-21(3)16-17-10-8-7-9-11-17;/h7-11H,5-6,12-16H2,1-4H3;1H. The molecule has 1 aromatic rings. The number of ether oxygens (including phenoxy) is 2. The van der Waals surface area contributed by atoms with Crippen molar-refractivity contribution in [2.24, 2.45) is 5.41 Å². The second-order valence-corrected chi connectivity index (χ2v) is 7.22. The van der Waals surface area contributed by atoms with Crippen LogP contribution in [0.3, 0.4) is 0 Å². The lowest BCUT2D eigenvalue weighted by Crippen LogP contribution is -2.44. The van der Waals surface area contributed by atoms with E-state index in [0.717, 1.165) is 6.54 Å². The molecule has 0 aliphatic carbocycles. The zero-order valence-corrected chi connectivity index (χ0v) is 18.4. The predicted molar refractivity (Wildman–Crippen MR) is 113 cm³/mol. The number of hydrogen-bond acceptors (Lipinski definition) is 6. The number of rotatable bonds is 12. The average molecular weight is 418 g/mol. The number of hydrogen-bond donors (Lipinski definition) is 0. The Labute approximate surface area is 173 Å². The molecule has 1 aromatic carbocycles. The van der Waals surface area contributed by atoms with Gasteiger partial charge < -0.3 is 14.4 Å². The van der Waals surface area contributed by atoms with Crippen molar-refractivity contribution in [1.29, 1.82) is 0 Å². The third kappa shape index (κ3) is 8.11. The Morgan fingerprint density at radius 2 is 1.59 bits per heavy atom. The summed E-state index contributed by atoms with van der Waals surface area (Å²) in [5, 5.41) is 0. The molecule has 154 valence electrons. The van der Waals surface area contributed by atoms with E-state index in [9.17, 15) is 9.59 Å². The van der Waals surface area contributed by atoms with Crippen molar-refractivity contribution in [3.63, 3.8) is 0 Å². The first-order chi connectivity index (χ1) is 12.5. The number of nitrogens with zero attached hydrogens (tertiary/aromatic N) is 1. The number of halogens is 1. The molecule has 0 bridgehead atoms. The predicted octanol–water partition coefficient (Wildman–Crippen LogP) is 3.80. The Bertz CT molecular complexity index is 538. The van der Waals surface area contributed by atoms with Crippen LogP contribution in [0.2, 0.25) is 0 Å². The summed E-state index contributed by atoms with van der Waals surface area (Å²) in [5.41, 5.74) is -0.0445. The minimum absolute atomic E-state index is 0. The molecular weight excluding hydrogens is 386 g/mol. The van der Waals surface area contributed by atoms with Crippen LogP contribution in [0, 0.1) is 5.41 Å². The van der Waals surface area contributed by atoms with E-state index in [-0.39, 0.29) is 25.6 Å². The lowest BCUT2D eigenvalue weighted by molar-refractivity contribution is -0.173. The molecule has 0 unspecified atom stereocenters. The van der Waals surface area contributed by atoms with E-state index in [1.807, 2.05) is 31.5 Å². The van der Waals surface area contributed by atoms with Gasteiger partial charge in [-0.2, -0.15) is 11.8 Å². The molecule has 0 saturated heterocycles. The van der Waals surface area contributed by atoms with Crippen LogP contribution in [-0.4, -0.2) is 55.7 Å². The van der Waals surface area contributed by atoms with E-state index in [1.165, 1.54) is 5.56 Å². The highest BCUT2D eigenvalue weighted by Crippen LogP contribution is 2.32. The van der Waals surface area contributed by atoms with E-state index >= 15 is 0 Å². The first-order valence-electron chi connectivity index (χ1n) is 9.06. The van der Waals surface area contributed by atoms with Gasteiger partial charge in [0.05, 0.1) is 13.2 Å². The zero-order chi connectivity index (χ0) is 19.4. The molecular formula is C20H32ClNO4S. The largest absolute Gasteiger partial charge is 0.465 e.